The number of aliphatic hydroxyl groups excluding tert-OH is 6. The van der Waals surface area contributed by atoms with Gasteiger partial charge in [0.25, 0.3) is 0 Å². The fourth-order valence-electron chi connectivity index (χ4n) is 5.17. The molecule has 9 N–H and O–H groups in total. The zero-order chi connectivity index (χ0) is 36.7. The molecule has 16 nitrogen and oxygen atoms in total. The van der Waals surface area contributed by atoms with Crippen LogP contribution in [0.5, 0.6) is 0 Å². The molecule has 8 atom stereocenters. The number of aromatic nitrogens is 2. The first-order valence-electron chi connectivity index (χ1n) is 17.5. The molecule has 49 heavy (non-hydrogen) atoms. The molecular formula is C32H60N3O13P. The van der Waals surface area contributed by atoms with Gasteiger partial charge in [0.1, 0.15) is 42.4 Å². The molecule has 2 heterocycles. The fourth-order valence-corrected chi connectivity index (χ4v) is 5.94. The minimum Gasteiger partial charge on any atom is -0.394 e. The molecule has 2 rings (SSSR count). The summed E-state index contributed by atoms with van der Waals surface area (Å²) in [6.07, 6.45) is 11.2. The van der Waals surface area contributed by atoms with Gasteiger partial charge in [-0.05, 0) is 12.5 Å². The number of unbranched alkanes of at least 4 members (excludes halogenated alkanes) is 15. The Morgan fingerprint density at radius 3 is 1.90 bits per heavy atom. The number of carbonyl (C=O) groups is 1. The van der Waals surface area contributed by atoms with Crippen LogP contribution in [0.1, 0.15) is 116 Å². The Morgan fingerprint density at radius 2 is 1.43 bits per heavy atom. The van der Waals surface area contributed by atoms with E-state index in [2.05, 4.69) is 11.9 Å². The normalized spacial score (nSPS) is 22.1. The maximum Gasteiger partial charge on any atom is 0.472 e. The van der Waals surface area contributed by atoms with E-state index in [1.807, 2.05) is 0 Å². The molecule has 4 unspecified atom stereocenters. The largest absolute Gasteiger partial charge is 0.472 e. The molecule has 0 aliphatic carbocycles. The lowest BCUT2D eigenvalue weighted by Gasteiger charge is -2.18. The van der Waals surface area contributed by atoms with Gasteiger partial charge in [0.05, 0.1) is 19.8 Å². The topological polar surface area (TPSA) is 264 Å². The Bertz CT molecular complexity index is 1110. The van der Waals surface area contributed by atoms with Crippen molar-refractivity contribution in [3.8, 4) is 0 Å². The Morgan fingerprint density at radius 1 is 0.918 bits per heavy atom. The van der Waals surface area contributed by atoms with Crippen LogP contribution in [-0.4, -0.2) is 108 Å². The first kappa shape index (κ1) is 45.2. The molecule has 0 saturated carbocycles. The molecule has 0 aromatic carbocycles. The number of aldehydes is 1. The third-order valence-electron chi connectivity index (χ3n) is 8.19. The minimum absolute atomic E-state index is 0.00637. The highest BCUT2D eigenvalue weighted by molar-refractivity contribution is 7.47. The van der Waals surface area contributed by atoms with Crippen LogP contribution in [0.25, 0.3) is 0 Å². The molecular weight excluding hydrogens is 665 g/mol. The highest BCUT2D eigenvalue weighted by Crippen LogP contribution is 2.44. The number of nitrogens with two attached hydrogens (primary N) is 1. The van der Waals surface area contributed by atoms with Crippen LogP contribution in [-0.2, 0) is 23.1 Å². The molecule has 0 amide bonds. The highest BCUT2D eigenvalue weighted by atomic mass is 31.2. The maximum absolute atomic E-state index is 12.2. The van der Waals surface area contributed by atoms with Gasteiger partial charge in [-0.3, -0.25) is 13.6 Å². The van der Waals surface area contributed by atoms with E-state index >= 15 is 0 Å². The first-order valence-corrected chi connectivity index (χ1v) is 19.0. The number of carbonyl (C=O) groups excluding carboxylic acids is 1. The van der Waals surface area contributed by atoms with E-state index < -0.39 is 69.6 Å². The van der Waals surface area contributed by atoms with E-state index in [0.717, 1.165) is 23.8 Å². The molecule has 1 aliphatic rings. The third-order valence-corrected chi connectivity index (χ3v) is 9.17. The Kier molecular flexibility index (Phi) is 24.0. The summed E-state index contributed by atoms with van der Waals surface area (Å²) >= 11 is 0. The fraction of sp³-hybridized carbons (Fsp3) is 0.844. The molecule has 1 aromatic heterocycles. The Hall–Kier alpha value is -1.82. The summed E-state index contributed by atoms with van der Waals surface area (Å²) in [6.45, 7) is 1.14. The summed E-state index contributed by atoms with van der Waals surface area (Å²) < 4.78 is 28.7. The first-order chi connectivity index (χ1) is 23.4. The van der Waals surface area contributed by atoms with Gasteiger partial charge in [-0.2, -0.15) is 4.98 Å². The van der Waals surface area contributed by atoms with Gasteiger partial charge in [-0.25, -0.2) is 9.36 Å². The maximum atomic E-state index is 12.2. The third kappa shape index (κ3) is 18.8. The van der Waals surface area contributed by atoms with E-state index in [-0.39, 0.29) is 18.7 Å². The second-order valence-electron chi connectivity index (χ2n) is 12.4. The van der Waals surface area contributed by atoms with Crippen LogP contribution >= 0.6 is 7.82 Å². The predicted octanol–water partition coefficient (Wildman–Crippen LogP) is 2.10. The van der Waals surface area contributed by atoms with Crippen LogP contribution in [0, 0.1) is 0 Å². The number of ether oxygens (including phenoxy) is 1. The van der Waals surface area contributed by atoms with Gasteiger partial charge < -0.3 is 50.8 Å². The van der Waals surface area contributed by atoms with Crippen molar-refractivity contribution in [1.82, 2.24) is 9.55 Å². The minimum atomic E-state index is -4.36. The number of rotatable bonds is 26. The van der Waals surface area contributed by atoms with Crippen molar-refractivity contribution in [2.24, 2.45) is 0 Å². The van der Waals surface area contributed by atoms with E-state index in [4.69, 9.17) is 39.9 Å². The molecule has 1 aromatic rings. The number of aliphatic hydroxyl groups is 6. The van der Waals surface area contributed by atoms with Crippen molar-refractivity contribution in [3.63, 3.8) is 0 Å². The average Bonchev–Trinajstić information content (AvgIpc) is 3.36. The molecule has 0 radical (unpaired) electrons. The van der Waals surface area contributed by atoms with Gasteiger partial charge >= 0.3 is 13.5 Å². The van der Waals surface area contributed by atoms with Crippen molar-refractivity contribution in [2.45, 2.75) is 153 Å². The van der Waals surface area contributed by atoms with Gasteiger partial charge in [0.15, 0.2) is 12.5 Å². The van der Waals surface area contributed by atoms with Gasteiger partial charge in [-0.1, -0.05) is 103 Å². The lowest BCUT2D eigenvalue weighted by molar-refractivity contribution is -0.127. The molecule has 17 heteroatoms. The van der Waals surface area contributed by atoms with Crippen LogP contribution < -0.4 is 11.4 Å². The van der Waals surface area contributed by atoms with E-state index in [9.17, 15) is 29.3 Å². The van der Waals surface area contributed by atoms with E-state index in [1.54, 1.807) is 0 Å². The lowest BCUT2D eigenvalue weighted by atomic mass is 10.0. The van der Waals surface area contributed by atoms with Gasteiger partial charge in [0.2, 0.25) is 0 Å². The quantitative estimate of drug-likeness (QED) is 0.0386. The zero-order valence-electron chi connectivity index (χ0n) is 28.7. The molecule has 1 aliphatic heterocycles. The molecule has 286 valence electrons. The number of phosphoric ester groups is 1. The SMILES string of the molecule is CCCCCCCCCCCCCCCCCCOP(=O)(O)OC[C@H]1O[C@@H](n2ccc(N)nc2=O)[C@H](O)[C@@H]1O.O=CC(O)C(O)C(O)CO. The number of phosphoric acid groups is 1. The van der Waals surface area contributed by atoms with Crippen molar-refractivity contribution < 1.29 is 58.7 Å². The lowest BCUT2D eigenvalue weighted by Crippen LogP contribution is -2.40. The Labute approximate surface area is 288 Å². The van der Waals surface area contributed by atoms with Crippen LogP contribution in [0.2, 0.25) is 0 Å². The number of nitrogen functional groups attached to an aromatic ring is 1. The summed E-state index contributed by atoms with van der Waals surface area (Å²) in [5.74, 6) is 0.00637. The molecule has 1 fully saturated rings. The van der Waals surface area contributed by atoms with Gasteiger partial charge in [-0.15, -0.1) is 0 Å². The summed E-state index contributed by atoms with van der Waals surface area (Å²) in [7, 11) is -4.36. The van der Waals surface area contributed by atoms with E-state index in [1.165, 1.54) is 89.3 Å². The average molecular weight is 726 g/mol. The van der Waals surface area contributed by atoms with Crippen molar-refractivity contribution in [2.75, 3.05) is 25.6 Å². The summed E-state index contributed by atoms with van der Waals surface area (Å²) in [5, 5.41) is 54.5. The van der Waals surface area contributed by atoms with Crippen molar-refractivity contribution in [1.29, 1.82) is 0 Å². The van der Waals surface area contributed by atoms with E-state index in [0.29, 0.717) is 6.42 Å². The number of anilines is 1. The molecule has 1 saturated heterocycles. The monoisotopic (exact) mass is 725 g/mol. The second-order valence-corrected chi connectivity index (χ2v) is 13.8. The standard InChI is InChI=1S/C27H50N3O8P.C5H10O5/c1-2-3-4-5-6-7-8-9-10-11-12-13-14-15-16-17-20-36-39(34,35)37-21-22-24(31)25(32)26(38-22)30-19-18-23(28)29-27(30)33;6-1-3(8)5(10)4(9)2-7/h18-19,22,24-26,31-32H,2-17,20-21H2,1H3,(H,34,35)(H2,28,29,33);1,3-5,7-10H,2H2/t22-,24-,25-,26-;/m1./s1. The van der Waals surface area contributed by atoms with Crippen LogP contribution in [0.4, 0.5) is 5.82 Å². The van der Waals surface area contributed by atoms with Crippen molar-refractivity contribution in [3.05, 3.63) is 22.7 Å². The summed E-state index contributed by atoms with van der Waals surface area (Å²) in [5.41, 5.74) is 4.70. The smallest absolute Gasteiger partial charge is 0.394 e. The molecule has 0 spiro atoms. The molecule has 0 bridgehead atoms. The number of nitrogens with zero attached hydrogens (tertiary/aromatic N) is 2. The van der Waals surface area contributed by atoms with Crippen molar-refractivity contribution >= 4 is 19.9 Å². The Balaban J connectivity index is 0.00000104. The zero-order valence-corrected chi connectivity index (χ0v) is 29.6. The predicted molar refractivity (Wildman–Crippen MR) is 181 cm³/mol. The number of hydrogen-bond donors (Lipinski definition) is 8. The van der Waals surface area contributed by atoms with Gasteiger partial charge in [0, 0.05) is 6.20 Å². The second kappa shape index (κ2) is 26.0. The van der Waals surface area contributed by atoms with Crippen LogP contribution in [0.3, 0.4) is 0 Å². The highest BCUT2D eigenvalue weighted by Gasteiger charge is 2.45. The summed E-state index contributed by atoms with van der Waals surface area (Å²) in [6, 6.07) is 1.35. The van der Waals surface area contributed by atoms with Crippen LogP contribution in [0.15, 0.2) is 17.1 Å². The number of hydrogen-bond acceptors (Lipinski definition) is 14. The summed E-state index contributed by atoms with van der Waals surface area (Å²) in [4.78, 5) is 35.3.